The molecule has 3 nitrogen and oxygen atoms in total. The molecule has 2 rings (SSSR count). The molecule has 1 aliphatic carbocycles. The summed E-state index contributed by atoms with van der Waals surface area (Å²) in [5.74, 6) is 0.760. The molecule has 0 aliphatic heterocycles. The Hall–Kier alpha value is -0.610. The topological polar surface area (TPSA) is 34.1 Å². The molecule has 0 spiro atoms. The minimum absolute atomic E-state index is 0.211. The lowest BCUT2D eigenvalue weighted by molar-refractivity contribution is 0.206. The van der Waals surface area contributed by atoms with Crippen molar-refractivity contribution in [3.8, 4) is 5.88 Å². The predicted octanol–water partition coefficient (Wildman–Crippen LogP) is 3.27. The van der Waals surface area contributed by atoms with E-state index in [1.165, 1.54) is 12.8 Å². The van der Waals surface area contributed by atoms with Crippen LogP contribution in [0.5, 0.6) is 5.88 Å². The monoisotopic (exact) mass is 298 g/mol. The van der Waals surface area contributed by atoms with Gasteiger partial charge in [0.05, 0.1) is 6.10 Å². The molecule has 1 aromatic heterocycles. The summed E-state index contributed by atoms with van der Waals surface area (Å²) in [6.07, 6.45) is 5.58. The van der Waals surface area contributed by atoms with E-state index in [2.05, 4.69) is 46.1 Å². The Kier molecular flexibility index (Phi) is 4.40. The number of nitrogens with zero attached hydrogens (tertiary/aromatic N) is 1. The van der Waals surface area contributed by atoms with Gasteiger partial charge in [0.1, 0.15) is 0 Å². The minimum atomic E-state index is 0.211. The second-order valence-electron chi connectivity index (χ2n) is 4.61. The number of rotatable bonds is 6. The summed E-state index contributed by atoms with van der Waals surface area (Å²) in [7, 11) is 0. The van der Waals surface area contributed by atoms with Gasteiger partial charge in [-0.1, -0.05) is 6.92 Å². The lowest BCUT2D eigenvalue weighted by Crippen LogP contribution is -2.18. The van der Waals surface area contributed by atoms with Gasteiger partial charge >= 0.3 is 0 Å². The summed E-state index contributed by atoms with van der Waals surface area (Å²) < 4.78 is 6.83. The second kappa shape index (κ2) is 5.83. The van der Waals surface area contributed by atoms with Crippen molar-refractivity contribution in [2.45, 2.75) is 51.8 Å². The molecule has 0 aromatic carbocycles. The van der Waals surface area contributed by atoms with E-state index >= 15 is 0 Å². The van der Waals surface area contributed by atoms with E-state index in [0.717, 1.165) is 28.9 Å². The van der Waals surface area contributed by atoms with E-state index < -0.39 is 0 Å². The molecule has 17 heavy (non-hydrogen) atoms. The summed E-state index contributed by atoms with van der Waals surface area (Å²) in [6, 6.07) is 2.78. The van der Waals surface area contributed by atoms with Gasteiger partial charge < -0.3 is 10.1 Å². The zero-order chi connectivity index (χ0) is 12.3. The van der Waals surface area contributed by atoms with Crippen LogP contribution in [0, 0.1) is 0 Å². The van der Waals surface area contributed by atoms with Gasteiger partial charge in [0.2, 0.25) is 5.88 Å². The third kappa shape index (κ3) is 3.96. The summed E-state index contributed by atoms with van der Waals surface area (Å²) >= 11 is 3.46. The van der Waals surface area contributed by atoms with Crippen molar-refractivity contribution in [3.05, 3.63) is 22.3 Å². The molecule has 1 aliphatic rings. The molecule has 1 unspecified atom stereocenters. The number of halogens is 1. The summed E-state index contributed by atoms with van der Waals surface area (Å²) in [5, 5.41) is 3.49. The van der Waals surface area contributed by atoms with Crippen molar-refractivity contribution < 1.29 is 4.74 Å². The average molecular weight is 299 g/mol. The van der Waals surface area contributed by atoms with Gasteiger partial charge in [-0.3, -0.25) is 0 Å². The first-order valence-electron chi connectivity index (χ1n) is 6.23. The number of aromatic nitrogens is 1. The Labute approximate surface area is 111 Å². The number of hydrogen-bond acceptors (Lipinski definition) is 3. The van der Waals surface area contributed by atoms with E-state index in [9.17, 15) is 0 Å². The maximum atomic E-state index is 5.83. The highest BCUT2D eigenvalue weighted by molar-refractivity contribution is 9.10. The lowest BCUT2D eigenvalue weighted by atomic mass is 10.2. The first-order chi connectivity index (χ1) is 8.19. The van der Waals surface area contributed by atoms with E-state index in [1.54, 1.807) is 6.20 Å². The molecule has 1 heterocycles. The standard InChI is InChI=1S/C13H19BrN2O/c1-3-9(2)17-13-10(6-11(14)8-16-13)7-15-12-4-5-12/h6,8-9,12,15H,3-5,7H2,1-2H3. The first-order valence-corrected chi connectivity index (χ1v) is 7.02. The molecule has 1 saturated carbocycles. The highest BCUT2D eigenvalue weighted by Gasteiger charge is 2.21. The number of nitrogens with one attached hydrogen (secondary N) is 1. The maximum absolute atomic E-state index is 5.83. The van der Waals surface area contributed by atoms with Gasteiger partial charge in [-0.25, -0.2) is 4.98 Å². The number of pyridine rings is 1. The number of ether oxygens (including phenoxy) is 1. The fourth-order valence-electron chi connectivity index (χ4n) is 1.52. The molecule has 4 heteroatoms. The van der Waals surface area contributed by atoms with Gasteiger partial charge in [-0.05, 0) is 48.2 Å². The lowest BCUT2D eigenvalue weighted by Gasteiger charge is -2.15. The third-order valence-corrected chi connectivity index (χ3v) is 3.37. The Morgan fingerprint density at radius 3 is 3.00 bits per heavy atom. The van der Waals surface area contributed by atoms with Crippen LogP contribution in [0.15, 0.2) is 16.7 Å². The molecule has 0 radical (unpaired) electrons. The van der Waals surface area contributed by atoms with Crippen molar-refractivity contribution in [2.75, 3.05) is 0 Å². The van der Waals surface area contributed by atoms with Crippen LogP contribution in [-0.2, 0) is 6.54 Å². The molecular formula is C13H19BrN2O. The van der Waals surface area contributed by atoms with Crippen LogP contribution in [0.3, 0.4) is 0 Å². The quantitative estimate of drug-likeness (QED) is 0.875. The molecule has 1 aromatic rings. The van der Waals surface area contributed by atoms with Crippen LogP contribution < -0.4 is 10.1 Å². The second-order valence-corrected chi connectivity index (χ2v) is 5.53. The van der Waals surface area contributed by atoms with E-state index in [1.807, 2.05) is 0 Å². The van der Waals surface area contributed by atoms with Gasteiger partial charge in [0.15, 0.2) is 0 Å². The zero-order valence-electron chi connectivity index (χ0n) is 10.4. The van der Waals surface area contributed by atoms with Crippen LogP contribution in [0.1, 0.15) is 38.7 Å². The summed E-state index contributed by atoms with van der Waals surface area (Å²) in [5.41, 5.74) is 1.13. The van der Waals surface area contributed by atoms with Crippen molar-refractivity contribution in [1.82, 2.24) is 10.3 Å². The Morgan fingerprint density at radius 2 is 2.35 bits per heavy atom. The molecule has 1 atom stereocenters. The Bertz CT molecular complexity index is 380. The van der Waals surface area contributed by atoms with Crippen molar-refractivity contribution in [1.29, 1.82) is 0 Å². The number of hydrogen-bond donors (Lipinski definition) is 1. The van der Waals surface area contributed by atoms with Crippen LogP contribution in [-0.4, -0.2) is 17.1 Å². The van der Waals surface area contributed by atoms with Crippen LogP contribution in [0.2, 0.25) is 0 Å². The van der Waals surface area contributed by atoms with Gasteiger partial charge in [0.25, 0.3) is 0 Å². The van der Waals surface area contributed by atoms with Gasteiger partial charge in [-0.15, -0.1) is 0 Å². The maximum Gasteiger partial charge on any atom is 0.218 e. The Morgan fingerprint density at radius 1 is 1.59 bits per heavy atom. The minimum Gasteiger partial charge on any atom is -0.474 e. The van der Waals surface area contributed by atoms with Gasteiger partial charge in [0, 0.05) is 28.8 Å². The normalized spacial score (nSPS) is 16.9. The predicted molar refractivity (Wildman–Crippen MR) is 72.2 cm³/mol. The van der Waals surface area contributed by atoms with E-state index in [0.29, 0.717) is 6.04 Å². The third-order valence-electron chi connectivity index (χ3n) is 2.94. The van der Waals surface area contributed by atoms with Crippen molar-refractivity contribution in [2.24, 2.45) is 0 Å². The van der Waals surface area contributed by atoms with E-state index in [-0.39, 0.29) is 6.10 Å². The van der Waals surface area contributed by atoms with E-state index in [4.69, 9.17) is 4.74 Å². The molecule has 0 saturated heterocycles. The summed E-state index contributed by atoms with van der Waals surface area (Å²) in [4.78, 5) is 4.36. The fourth-order valence-corrected chi connectivity index (χ4v) is 1.90. The van der Waals surface area contributed by atoms with Crippen molar-refractivity contribution >= 4 is 15.9 Å². The molecule has 0 bridgehead atoms. The van der Waals surface area contributed by atoms with Crippen molar-refractivity contribution in [3.63, 3.8) is 0 Å². The average Bonchev–Trinajstić information content (AvgIpc) is 3.13. The molecule has 1 N–H and O–H groups in total. The molecular weight excluding hydrogens is 280 g/mol. The van der Waals surface area contributed by atoms with Crippen LogP contribution in [0.4, 0.5) is 0 Å². The summed E-state index contributed by atoms with van der Waals surface area (Å²) in [6.45, 7) is 5.02. The van der Waals surface area contributed by atoms with Crippen LogP contribution >= 0.6 is 15.9 Å². The SMILES string of the molecule is CCC(C)Oc1ncc(Br)cc1CNC1CC1. The molecule has 94 valence electrons. The highest BCUT2D eigenvalue weighted by Crippen LogP contribution is 2.24. The first kappa shape index (κ1) is 12.8. The largest absolute Gasteiger partial charge is 0.474 e. The smallest absolute Gasteiger partial charge is 0.218 e. The molecule has 0 amide bonds. The molecule has 1 fully saturated rings. The fraction of sp³-hybridized carbons (Fsp3) is 0.615. The van der Waals surface area contributed by atoms with Gasteiger partial charge in [-0.2, -0.15) is 0 Å². The van der Waals surface area contributed by atoms with Crippen LogP contribution in [0.25, 0.3) is 0 Å². The Balaban J connectivity index is 2.05. The highest BCUT2D eigenvalue weighted by atomic mass is 79.9. The zero-order valence-corrected chi connectivity index (χ0v) is 12.0.